The summed E-state index contributed by atoms with van der Waals surface area (Å²) >= 11 is 13.0. The van der Waals surface area contributed by atoms with Crippen molar-refractivity contribution in [2.24, 2.45) is 5.16 Å². The van der Waals surface area contributed by atoms with Gasteiger partial charge in [0.15, 0.2) is 11.5 Å². The summed E-state index contributed by atoms with van der Waals surface area (Å²) in [6.07, 6.45) is -3.43. The molecule has 0 aromatic heterocycles. The molecule has 2 aliphatic heterocycles. The molecule has 1 saturated heterocycles. The fraction of sp³-hybridized carbons (Fsp3) is 0.391. The van der Waals surface area contributed by atoms with E-state index < -0.39 is 45.3 Å². The van der Waals surface area contributed by atoms with Crippen LogP contribution in [0.5, 0.6) is 0 Å². The minimum absolute atomic E-state index is 0.0270. The summed E-state index contributed by atoms with van der Waals surface area (Å²) in [7, 11) is 0. The molecule has 2 heterocycles. The van der Waals surface area contributed by atoms with E-state index in [0.29, 0.717) is 23.3 Å². The van der Waals surface area contributed by atoms with Crippen molar-refractivity contribution in [1.82, 2.24) is 4.90 Å². The summed E-state index contributed by atoms with van der Waals surface area (Å²) in [6, 6.07) is 7.45. The first kappa shape index (κ1) is 26.0. The number of amides is 1. The molecule has 2 aliphatic rings. The van der Waals surface area contributed by atoms with Crippen LogP contribution in [0, 0.1) is 5.82 Å². The van der Waals surface area contributed by atoms with Gasteiger partial charge in [-0.2, -0.15) is 24.9 Å². The number of nitrogens with zero attached hydrogens (tertiary/aromatic N) is 2. The predicted molar refractivity (Wildman–Crippen MR) is 125 cm³/mol. The highest BCUT2D eigenvalue weighted by Crippen LogP contribution is 2.50. The van der Waals surface area contributed by atoms with E-state index in [9.17, 15) is 22.4 Å². The van der Waals surface area contributed by atoms with Crippen LogP contribution in [0.4, 0.5) is 22.0 Å². The first-order chi connectivity index (χ1) is 16.4. The van der Waals surface area contributed by atoms with Crippen molar-refractivity contribution >= 4 is 46.6 Å². The Bertz CT molecular complexity index is 1150. The van der Waals surface area contributed by atoms with Crippen molar-refractivity contribution in [2.45, 2.75) is 30.3 Å². The molecular formula is C23H19Cl2F5N2O2S. The molecule has 188 valence electrons. The van der Waals surface area contributed by atoms with Gasteiger partial charge in [-0.15, -0.1) is 0 Å². The third-order valence-corrected chi connectivity index (χ3v) is 7.29. The van der Waals surface area contributed by atoms with E-state index in [1.54, 1.807) is 0 Å². The summed E-state index contributed by atoms with van der Waals surface area (Å²) in [5.74, 6) is -0.500. The molecule has 0 spiro atoms. The molecule has 1 unspecified atom stereocenters. The van der Waals surface area contributed by atoms with Crippen LogP contribution < -0.4 is 0 Å². The van der Waals surface area contributed by atoms with Gasteiger partial charge in [0, 0.05) is 24.2 Å². The second kappa shape index (κ2) is 9.44. The second-order valence-corrected chi connectivity index (χ2v) is 10.2. The molecule has 4 rings (SSSR count). The van der Waals surface area contributed by atoms with Gasteiger partial charge in [-0.3, -0.25) is 4.79 Å². The van der Waals surface area contributed by atoms with Crippen LogP contribution >= 0.6 is 35.0 Å². The molecule has 1 amide bonds. The van der Waals surface area contributed by atoms with Crippen molar-refractivity contribution in [3.63, 3.8) is 0 Å². The maximum Gasteiger partial charge on any atom is 0.435 e. The molecule has 2 aromatic carbocycles. The third-order valence-electron chi connectivity index (χ3n) is 6.13. The Kier molecular flexibility index (Phi) is 7.02. The number of halogens is 7. The van der Waals surface area contributed by atoms with Crippen LogP contribution in [0.25, 0.3) is 0 Å². The molecule has 0 aliphatic carbocycles. The van der Waals surface area contributed by atoms with E-state index >= 15 is 4.39 Å². The average Bonchev–Trinajstić information content (AvgIpc) is 3.26. The Balaban J connectivity index is 1.52. The molecule has 4 nitrogen and oxygen atoms in total. The fourth-order valence-corrected chi connectivity index (χ4v) is 4.94. The summed E-state index contributed by atoms with van der Waals surface area (Å²) in [5.41, 5.74) is -4.53. The van der Waals surface area contributed by atoms with Gasteiger partial charge in [0.25, 0.3) is 5.60 Å². The Morgan fingerprint density at radius 3 is 2.29 bits per heavy atom. The summed E-state index contributed by atoms with van der Waals surface area (Å²) in [6.45, 7) is -0.153. The maximum absolute atomic E-state index is 15.2. The molecule has 0 bridgehead atoms. The standard InChI is InChI=1S/C23H19Cl2F5N2O2S/c1-35-7-6-19(33)32-11-21(27,12-32)14-4-2-13(3-5-14)18-10-22(34-31-18,23(28,29)30)15-8-16(24)20(26)17(25)9-15/h2-5,8-9H,6-7,10-12H2,1H3. The Labute approximate surface area is 212 Å². The van der Waals surface area contributed by atoms with E-state index in [2.05, 4.69) is 5.16 Å². The summed E-state index contributed by atoms with van der Waals surface area (Å²) in [4.78, 5) is 18.4. The van der Waals surface area contributed by atoms with Crippen molar-refractivity contribution in [1.29, 1.82) is 0 Å². The van der Waals surface area contributed by atoms with Crippen LogP contribution in [-0.2, 0) is 20.9 Å². The minimum atomic E-state index is -4.93. The van der Waals surface area contributed by atoms with Crippen molar-refractivity contribution in [3.8, 4) is 0 Å². The van der Waals surface area contributed by atoms with E-state index in [4.69, 9.17) is 28.0 Å². The third kappa shape index (κ3) is 4.72. The van der Waals surface area contributed by atoms with Crippen molar-refractivity contribution < 1.29 is 31.6 Å². The molecule has 0 saturated carbocycles. The number of carbonyl (C=O) groups is 1. The van der Waals surface area contributed by atoms with Crippen LogP contribution in [0.3, 0.4) is 0 Å². The molecule has 0 radical (unpaired) electrons. The van der Waals surface area contributed by atoms with Crippen LogP contribution in [0.2, 0.25) is 10.0 Å². The van der Waals surface area contributed by atoms with Gasteiger partial charge in [0.1, 0.15) is 0 Å². The lowest BCUT2D eigenvalue weighted by atomic mass is 9.84. The quantitative estimate of drug-likeness (QED) is 0.304. The van der Waals surface area contributed by atoms with Crippen LogP contribution in [0.15, 0.2) is 41.6 Å². The Morgan fingerprint density at radius 2 is 1.74 bits per heavy atom. The predicted octanol–water partition coefficient (Wildman–Crippen LogP) is 6.47. The highest BCUT2D eigenvalue weighted by atomic mass is 35.5. The lowest BCUT2D eigenvalue weighted by molar-refractivity contribution is -0.275. The van der Waals surface area contributed by atoms with E-state index in [-0.39, 0.29) is 24.7 Å². The van der Waals surface area contributed by atoms with Gasteiger partial charge in [-0.05, 0) is 29.5 Å². The van der Waals surface area contributed by atoms with Crippen LogP contribution in [-0.4, -0.2) is 47.8 Å². The SMILES string of the molecule is CSCCC(=O)N1CC(F)(c2ccc(C3=NOC(c4cc(Cl)c(F)c(Cl)c4)(C(F)(F)F)C3)cc2)C1. The topological polar surface area (TPSA) is 41.9 Å². The zero-order valence-corrected chi connectivity index (χ0v) is 20.6. The number of thioether (sulfide) groups is 1. The molecule has 1 fully saturated rings. The minimum Gasteiger partial charge on any atom is -0.374 e. The van der Waals surface area contributed by atoms with Gasteiger partial charge < -0.3 is 9.74 Å². The Hall–Kier alpha value is -2.04. The number of carbonyl (C=O) groups excluding carboxylic acids is 1. The van der Waals surface area contributed by atoms with E-state index in [1.807, 2.05) is 6.26 Å². The van der Waals surface area contributed by atoms with E-state index in [1.165, 1.54) is 40.9 Å². The lowest BCUT2D eigenvalue weighted by Gasteiger charge is -2.44. The molecule has 35 heavy (non-hydrogen) atoms. The number of benzene rings is 2. The van der Waals surface area contributed by atoms with Gasteiger partial charge in [-0.1, -0.05) is 52.6 Å². The van der Waals surface area contributed by atoms with Crippen molar-refractivity contribution in [2.75, 3.05) is 25.1 Å². The second-order valence-electron chi connectivity index (χ2n) is 8.42. The number of rotatable bonds is 6. The Morgan fingerprint density at radius 1 is 1.14 bits per heavy atom. The highest BCUT2D eigenvalue weighted by Gasteiger charge is 2.62. The normalized spacial score (nSPS) is 21.4. The smallest absolute Gasteiger partial charge is 0.374 e. The first-order valence-corrected chi connectivity index (χ1v) is 12.6. The monoisotopic (exact) mass is 552 g/mol. The number of oxime groups is 1. The fourth-order valence-electron chi connectivity index (χ4n) is 4.07. The molecule has 1 atom stereocenters. The zero-order valence-electron chi connectivity index (χ0n) is 18.3. The lowest BCUT2D eigenvalue weighted by Crippen LogP contribution is -2.58. The zero-order chi connectivity index (χ0) is 25.6. The number of hydrogen-bond acceptors (Lipinski definition) is 4. The number of hydrogen-bond donors (Lipinski definition) is 0. The molecular weight excluding hydrogens is 534 g/mol. The number of alkyl halides is 4. The maximum atomic E-state index is 15.2. The van der Waals surface area contributed by atoms with Gasteiger partial charge >= 0.3 is 6.18 Å². The molecule has 0 N–H and O–H groups in total. The molecule has 2 aromatic rings. The van der Waals surface area contributed by atoms with Crippen molar-refractivity contribution in [3.05, 3.63) is 69.0 Å². The average molecular weight is 553 g/mol. The van der Waals surface area contributed by atoms with E-state index in [0.717, 1.165) is 12.1 Å². The highest BCUT2D eigenvalue weighted by molar-refractivity contribution is 7.98. The van der Waals surface area contributed by atoms with Gasteiger partial charge in [0.05, 0.1) is 28.8 Å². The molecule has 12 heteroatoms. The van der Waals surface area contributed by atoms with Gasteiger partial charge in [-0.25, -0.2) is 8.78 Å². The largest absolute Gasteiger partial charge is 0.435 e. The first-order valence-electron chi connectivity index (χ1n) is 10.4. The summed E-state index contributed by atoms with van der Waals surface area (Å²) in [5, 5.41) is 2.49. The summed E-state index contributed by atoms with van der Waals surface area (Å²) < 4.78 is 71.5. The van der Waals surface area contributed by atoms with Crippen LogP contribution in [0.1, 0.15) is 29.5 Å². The number of likely N-dealkylation sites (tertiary alicyclic amines) is 1. The van der Waals surface area contributed by atoms with Gasteiger partial charge in [0.2, 0.25) is 5.91 Å².